The van der Waals surface area contributed by atoms with Crippen molar-refractivity contribution in [2.24, 2.45) is 0 Å². The van der Waals surface area contributed by atoms with Crippen molar-refractivity contribution in [1.82, 2.24) is 4.98 Å². The monoisotopic (exact) mass is 297 g/mol. The standard InChI is InChI=1S/C12H16F5N3/c1-3-4-18-10-5-8(12(15,16)17)6-11(19-10)20(2)7-9(13)14/h5-6,9H,3-4,7H2,1-2H3,(H,18,19). The van der Waals surface area contributed by atoms with E-state index in [0.29, 0.717) is 13.0 Å². The molecule has 0 saturated heterocycles. The summed E-state index contributed by atoms with van der Waals surface area (Å²) in [6.45, 7) is 1.62. The number of nitrogens with one attached hydrogen (secondary N) is 1. The van der Waals surface area contributed by atoms with Crippen molar-refractivity contribution in [3.8, 4) is 0 Å². The van der Waals surface area contributed by atoms with Crippen LogP contribution in [0, 0.1) is 0 Å². The van der Waals surface area contributed by atoms with Crippen molar-refractivity contribution in [3.05, 3.63) is 17.7 Å². The topological polar surface area (TPSA) is 28.2 Å². The van der Waals surface area contributed by atoms with E-state index in [1.165, 1.54) is 7.05 Å². The zero-order chi connectivity index (χ0) is 15.3. The summed E-state index contributed by atoms with van der Waals surface area (Å²) >= 11 is 0. The fourth-order valence-electron chi connectivity index (χ4n) is 1.52. The number of alkyl halides is 5. The van der Waals surface area contributed by atoms with Gasteiger partial charge in [-0.25, -0.2) is 13.8 Å². The molecule has 0 aliphatic heterocycles. The van der Waals surface area contributed by atoms with E-state index >= 15 is 0 Å². The van der Waals surface area contributed by atoms with Crippen molar-refractivity contribution < 1.29 is 22.0 Å². The fourth-order valence-corrected chi connectivity index (χ4v) is 1.52. The molecule has 0 aliphatic rings. The van der Waals surface area contributed by atoms with Gasteiger partial charge in [0.25, 0.3) is 6.43 Å². The Balaban J connectivity index is 3.09. The number of hydrogen-bond donors (Lipinski definition) is 1. The summed E-state index contributed by atoms with van der Waals surface area (Å²) in [7, 11) is 1.28. The van der Waals surface area contributed by atoms with E-state index in [1.807, 2.05) is 6.92 Å². The summed E-state index contributed by atoms with van der Waals surface area (Å²) in [6.07, 6.45) is -6.49. The highest BCUT2D eigenvalue weighted by molar-refractivity contribution is 5.51. The van der Waals surface area contributed by atoms with Gasteiger partial charge in [-0.3, -0.25) is 0 Å². The Labute approximate surface area is 113 Å². The van der Waals surface area contributed by atoms with Gasteiger partial charge in [-0.05, 0) is 18.6 Å². The van der Waals surface area contributed by atoms with Crippen LogP contribution in [0.25, 0.3) is 0 Å². The number of hydrogen-bond acceptors (Lipinski definition) is 3. The number of anilines is 2. The second-order valence-corrected chi connectivity index (χ2v) is 4.30. The highest BCUT2D eigenvalue weighted by Crippen LogP contribution is 2.32. The quantitative estimate of drug-likeness (QED) is 0.813. The van der Waals surface area contributed by atoms with Gasteiger partial charge >= 0.3 is 6.18 Å². The van der Waals surface area contributed by atoms with E-state index in [9.17, 15) is 22.0 Å². The molecule has 0 radical (unpaired) electrons. The molecule has 1 rings (SSSR count). The van der Waals surface area contributed by atoms with Crippen molar-refractivity contribution in [2.45, 2.75) is 25.9 Å². The zero-order valence-electron chi connectivity index (χ0n) is 11.1. The van der Waals surface area contributed by atoms with Gasteiger partial charge in [0.1, 0.15) is 11.6 Å². The number of nitrogens with zero attached hydrogens (tertiary/aromatic N) is 2. The van der Waals surface area contributed by atoms with Crippen LogP contribution in [0.2, 0.25) is 0 Å². The number of rotatable bonds is 6. The average Bonchev–Trinajstić information content (AvgIpc) is 2.34. The summed E-state index contributed by atoms with van der Waals surface area (Å²) < 4.78 is 62.9. The molecule has 1 aromatic heterocycles. The van der Waals surface area contributed by atoms with E-state index in [2.05, 4.69) is 10.3 Å². The number of pyridine rings is 1. The van der Waals surface area contributed by atoms with E-state index in [-0.39, 0.29) is 11.6 Å². The minimum atomic E-state index is -4.55. The zero-order valence-corrected chi connectivity index (χ0v) is 11.1. The maximum Gasteiger partial charge on any atom is 0.416 e. The Hall–Kier alpha value is -1.60. The van der Waals surface area contributed by atoms with Gasteiger partial charge in [0.15, 0.2) is 0 Å². The smallest absolute Gasteiger partial charge is 0.370 e. The third-order valence-electron chi connectivity index (χ3n) is 2.50. The van der Waals surface area contributed by atoms with Gasteiger partial charge in [0.2, 0.25) is 0 Å². The van der Waals surface area contributed by atoms with E-state index in [4.69, 9.17) is 0 Å². The molecule has 0 fully saturated rings. The molecule has 0 amide bonds. The first-order valence-electron chi connectivity index (χ1n) is 6.06. The molecule has 1 heterocycles. The van der Waals surface area contributed by atoms with Gasteiger partial charge < -0.3 is 10.2 Å². The molecule has 0 saturated carbocycles. The van der Waals surface area contributed by atoms with E-state index in [0.717, 1.165) is 17.0 Å². The SMILES string of the molecule is CCCNc1cc(C(F)(F)F)cc(N(C)CC(F)F)n1. The maximum absolute atomic E-state index is 12.8. The Bertz CT molecular complexity index is 434. The third-order valence-corrected chi connectivity index (χ3v) is 2.50. The van der Waals surface area contributed by atoms with Crippen LogP contribution in [-0.4, -0.2) is 31.5 Å². The van der Waals surface area contributed by atoms with Crippen molar-refractivity contribution in [3.63, 3.8) is 0 Å². The second kappa shape index (κ2) is 6.71. The largest absolute Gasteiger partial charge is 0.416 e. The Morgan fingerprint density at radius 2 is 1.95 bits per heavy atom. The van der Waals surface area contributed by atoms with Gasteiger partial charge in [-0.1, -0.05) is 6.92 Å². The predicted molar refractivity (Wildman–Crippen MR) is 67.3 cm³/mol. The molecular weight excluding hydrogens is 281 g/mol. The second-order valence-electron chi connectivity index (χ2n) is 4.30. The van der Waals surface area contributed by atoms with E-state index < -0.39 is 24.7 Å². The maximum atomic E-state index is 12.8. The lowest BCUT2D eigenvalue weighted by atomic mass is 10.2. The molecule has 20 heavy (non-hydrogen) atoms. The highest BCUT2D eigenvalue weighted by Gasteiger charge is 2.32. The normalized spacial score (nSPS) is 11.8. The number of halogens is 5. The Morgan fingerprint density at radius 3 is 2.45 bits per heavy atom. The first-order chi connectivity index (χ1) is 9.24. The van der Waals surface area contributed by atoms with Crippen LogP contribution in [0.3, 0.4) is 0 Å². The Kier molecular flexibility index (Phi) is 5.52. The van der Waals surface area contributed by atoms with Gasteiger partial charge in [-0.2, -0.15) is 13.2 Å². The van der Waals surface area contributed by atoms with Gasteiger partial charge in [0.05, 0.1) is 12.1 Å². The van der Waals surface area contributed by atoms with Crippen LogP contribution in [-0.2, 0) is 6.18 Å². The first kappa shape index (κ1) is 16.5. The molecule has 1 aromatic rings. The van der Waals surface area contributed by atoms with Crippen LogP contribution in [0.1, 0.15) is 18.9 Å². The predicted octanol–water partition coefficient (Wildman–Crippen LogP) is 3.62. The average molecular weight is 297 g/mol. The van der Waals surface area contributed by atoms with Crippen molar-refractivity contribution in [1.29, 1.82) is 0 Å². The molecule has 1 N–H and O–H groups in total. The van der Waals surface area contributed by atoms with Crippen molar-refractivity contribution in [2.75, 3.05) is 30.4 Å². The van der Waals surface area contributed by atoms with E-state index in [1.54, 1.807) is 0 Å². The number of aromatic nitrogens is 1. The molecule has 114 valence electrons. The lowest BCUT2D eigenvalue weighted by Gasteiger charge is -2.20. The minimum absolute atomic E-state index is 0.0257. The molecule has 0 unspecified atom stereocenters. The lowest BCUT2D eigenvalue weighted by Crippen LogP contribution is -2.25. The molecular formula is C12H16F5N3. The molecule has 0 aromatic carbocycles. The highest BCUT2D eigenvalue weighted by atomic mass is 19.4. The first-order valence-corrected chi connectivity index (χ1v) is 6.06. The summed E-state index contributed by atoms with van der Waals surface area (Å²) in [5.41, 5.74) is -0.915. The summed E-state index contributed by atoms with van der Waals surface area (Å²) in [5, 5.41) is 2.73. The summed E-state index contributed by atoms with van der Waals surface area (Å²) in [5.74, 6) is -0.114. The molecule has 0 aliphatic carbocycles. The van der Waals surface area contributed by atoms with Crippen LogP contribution < -0.4 is 10.2 Å². The van der Waals surface area contributed by atoms with Crippen LogP contribution in [0.5, 0.6) is 0 Å². The Morgan fingerprint density at radius 1 is 1.30 bits per heavy atom. The molecule has 0 bridgehead atoms. The molecule has 0 spiro atoms. The molecule has 0 atom stereocenters. The summed E-state index contributed by atoms with van der Waals surface area (Å²) in [6, 6.07) is 1.63. The minimum Gasteiger partial charge on any atom is -0.370 e. The molecule has 3 nitrogen and oxygen atoms in total. The lowest BCUT2D eigenvalue weighted by molar-refractivity contribution is -0.137. The fraction of sp³-hybridized carbons (Fsp3) is 0.583. The third kappa shape index (κ3) is 4.82. The van der Waals surface area contributed by atoms with Crippen molar-refractivity contribution >= 4 is 11.6 Å². The molecule has 8 heteroatoms. The van der Waals surface area contributed by atoms with Crippen LogP contribution in [0.4, 0.5) is 33.6 Å². The van der Waals surface area contributed by atoms with Crippen LogP contribution in [0.15, 0.2) is 12.1 Å². The summed E-state index contributed by atoms with van der Waals surface area (Å²) in [4.78, 5) is 4.92. The van der Waals surface area contributed by atoms with Crippen LogP contribution >= 0.6 is 0 Å². The van der Waals surface area contributed by atoms with Gasteiger partial charge in [0, 0.05) is 13.6 Å². The van der Waals surface area contributed by atoms with Gasteiger partial charge in [-0.15, -0.1) is 0 Å².